The topological polar surface area (TPSA) is 58.6 Å². The normalized spacial score (nSPS) is 13.6. The minimum atomic E-state index is -0.371. The summed E-state index contributed by atoms with van der Waals surface area (Å²) < 4.78 is 5.74. The quantitative estimate of drug-likeness (QED) is 0.472. The number of ether oxygens (including phenoxy) is 1. The van der Waals surface area contributed by atoms with E-state index >= 15 is 0 Å². The van der Waals surface area contributed by atoms with Crippen LogP contribution in [0, 0.1) is 20.8 Å². The standard InChI is InChI=1S/C28H28N2O3/c1-5-15-33-22-11-8-10-21(17-22)29-26-25(23-14-13-18(2)16-20(23)4)27(31)30(28(26)32)24-12-7-6-9-19(24)3/h6-14,16-17,29H,5,15H2,1-4H3. The summed E-state index contributed by atoms with van der Waals surface area (Å²) in [5.74, 6) is 0.00865. The van der Waals surface area contributed by atoms with Crippen molar-refractivity contribution >= 4 is 28.8 Å². The molecule has 1 heterocycles. The number of hydrogen-bond donors (Lipinski definition) is 1. The van der Waals surface area contributed by atoms with E-state index in [2.05, 4.69) is 5.32 Å². The molecular weight excluding hydrogens is 412 g/mol. The highest BCUT2D eigenvalue weighted by molar-refractivity contribution is 6.46. The first-order valence-electron chi connectivity index (χ1n) is 11.2. The van der Waals surface area contributed by atoms with E-state index in [1.165, 1.54) is 4.90 Å². The lowest BCUT2D eigenvalue weighted by atomic mass is 9.97. The van der Waals surface area contributed by atoms with Crippen molar-refractivity contribution in [3.8, 4) is 5.75 Å². The first-order chi connectivity index (χ1) is 15.9. The molecule has 0 aromatic heterocycles. The SMILES string of the molecule is CCCOc1cccc(NC2=C(c3ccc(C)cc3C)C(=O)N(c3ccccc3C)C2=O)c1. The molecule has 0 saturated heterocycles. The van der Waals surface area contributed by atoms with Crippen LogP contribution in [0.5, 0.6) is 5.75 Å². The van der Waals surface area contributed by atoms with E-state index in [1.54, 1.807) is 6.07 Å². The molecule has 0 fully saturated rings. The second kappa shape index (κ2) is 9.33. The predicted octanol–water partition coefficient (Wildman–Crippen LogP) is 5.80. The third-order valence-corrected chi connectivity index (χ3v) is 5.67. The number of aryl methyl sites for hydroxylation is 3. The molecule has 168 valence electrons. The maximum atomic E-state index is 13.7. The third kappa shape index (κ3) is 4.40. The highest BCUT2D eigenvalue weighted by atomic mass is 16.5. The number of imide groups is 1. The zero-order valence-corrected chi connectivity index (χ0v) is 19.4. The Balaban J connectivity index is 1.81. The van der Waals surface area contributed by atoms with E-state index in [4.69, 9.17) is 4.74 Å². The zero-order valence-electron chi connectivity index (χ0n) is 19.4. The summed E-state index contributed by atoms with van der Waals surface area (Å²) in [6.45, 7) is 8.52. The maximum absolute atomic E-state index is 13.7. The average molecular weight is 441 g/mol. The lowest BCUT2D eigenvalue weighted by Crippen LogP contribution is -2.33. The van der Waals surface area contributed by atoms with E-state index in [0.717, 1.165) is 28.7 Å². The Hall–Kier alpha value is -3.86. The Morgan fingerprint density at radius 1 is 0.848 bits per heavy atom. The summed E-state index contributed by atoms with van der Waals surface area (Å²) in [5.41, 5.74) is 5.56. The molecular formula is C28H28N2O3. The van der Waals surface area contributed by atoms with E-state index < -0.39 is 0 Å². The summed E-state index contributed by atoms with van der Waals surface area (Å²) in [6, 6.07) is 20.8. The number of anilines is 2. The first kappa shape index (κ1) is 22.3. The molecule has 5 nitrogen and oxygen atoms in total. The molecule has 0 bridgehead atoms. The van der Waals surface area contributed by atoms with Gasteiger partial charge in [-0.25, -0.2) is 4.90 Å². The van der Waals surface area contributed by atoms with Crippen molar-refractivity contribution in [1.29, 1.82) is 0 Å². The molecule has 0 aliphatic carbocycles. The summed E-state index contributed by atoms with van der Waals surface area (Å²) in [7, 11) is 0. The van der Waals surface area contributed by atoms with Crippen LogP contribution in [0.2, 0.25) is 0 Å². The van der Waals surface area contributed by atoms with Gasteiger partial charge < -0.3 is 10.1 Å². The van der Waals surface area contributed by atoms with Crippen molar-refractivity contribution in [1.82, 2.24) is 0 Å². The van der Waals surface area contributed by atoms with Crippen molar-refractivity contribution in [3.05, 3.63) is 94.7 Å². The number of rotatable bonds is 7. The van der Waals surface area contributed by atoms with Crippen LogP contribution in [-0.2, 0) is 9.59 Å². The number of benzene rings is 3. The third-order valence-electron chi connectivity index (χ3n) is 5.67. The van der Waals surface area contributed by atoms with Crippen LogP contribution in [0.1, 0.15) is 35.6 Å². The lowest BCUT2D eigenvalue weighted by Gasteiger charge is -2.18. The monoisotopic (exact) mass is 440 g/mol. The Morgan fingerprint density at radius 3 is 2.36 bits per heavy atom. The van der Waals surface area contributed by atoms with Crippen molar-refractivity contribution in [2.75, 3.05) is 16.8 Å². The van der Waals surface area contributed by atoms with E-state index in [0.29, 0.717) is 29.3 Å². The fraction of sp³-hybridized carbons (Fsp3) is 0.214. The lowest BCUT2D eigenvalue weighted by molar-refractivity contribution is -0.120. The van der Waals surface area contributed by atoms with E-state index in [1.807, 2.05) is 88.4 Å². The van der Waals surface area contributed by atoms with E-state index in [-0.39, 0.29) is 17.5 Å². The minimum absolute atomic E-state index is 0.267. The Labute approximate surface area is 194 Å². The highest BCUT2D eigenvalue weighted by Gasteiger charge is 2.41. The van der Waals surface area contributed by atoms with Gasteiger partial charge in [0, 0.05) is 11.8 Å². The summed E-state index contributed by atoms with van der Waals surface area (Å²) in [5, 5.41) is 3.24. The molecule has 33 heavy (non-hydrogen) atoms. The van der Waals surface area contributed by atoms with Crippen LogP contribution in [0.15, 0.2) is 72.4 Å². The molecule has 1 N–H and O–H groups in total. The van der Waals surface area contributed by atoms with Gasteiger partial charge in [0.15, 0.2) is 0 Å². The smallest absolute Gasteiger partial charge is 0.282 e. The van der Waals surface area contributed by atoms with Crippen LogP contribution in [0.3, 0.4) is 0 Å². The average Bonchev–Trinajstić information content (AvgIpc) is 3.02. The van der Waals surface area contributed by atoms with Gasteiger partial charge in [-0.1, -0.05) is 55.0 Å². The van der Waals surface area contributed by atoms with Gasteiger partial charge in [0.1, 0.15) is 11.4 Å². The van der Waals surface area contributed by atoms with Gasteiger partial charge >= 0.3 is 0 Å². The highest BCUT2D eigenvalue weighted by Crippen LogP contribution is 2.36. The van der Waals surface area contributed by atoms with Gasteiger partial charge in [-0.2, -0.15) is 0 Å². The molecule has 4 rings (SSSR count). The number of amides is 2. The second-order valence-corrected chi connectivity index (χ2v) is 8.30. The molecule has 3 aromatic rings. The molecule has 0 spiro atoms. The van der Waals surface area contributed by atoms with Crippen LogP contribution >= 0.6 is 0 Å². The molecule has 1 aliphatic heterocycles. The number of carbonyl (C=O) groups is 2. The number of hydrogen-bond acceptors (Lipinski definition) is 4. The molecule has 0 radical (unpaired) electrons. The minimum Gasteiger partial charge on any atom is -0.494 e. The van der Waals surface area contributed by atoms with Gasteiger partial charge in [-0.05, 0) is 62.1 Å². The van der Waals surface area contributed by atoms with Crippen molar-refractivity contribution in [2.45, 2.75) is 34.1 Å². The number of nitrogens with one attached hydrogen (secondary N) is 1. The molecule has 1 aliphatic rings. The fourth-order valence-electron chi connectivity index (χ4n) is 4.05. The van der Waals surface area contributed by atoms with Crippen LogP contribution in [0.25, 0.3) is 5.57 Å². The predicted molar refractivity (Wildman–Crippen MR) is 132 cm³/mol. The second-order valence-electron chi connectivity index (χ2n) is 8.30. The summed E-state index contributed by atoms with van der Waals surface area (Å²) in [4.78, 5) is 28.6. The van der Waals surface area contributed by atoms with Gasteiger partial charge in [-0.3, -0.25) is 9.59 Å². The van der Waals surface area contributed by atoms with Crippen molar-refractivity contribution < 1.29 is 14.3 Å². The zero-order chi connectivity index (χ0) is 23.5. The van der Waals surface area contributed by atoms with Gasteiger partial charge in [-0.15, -0.1) is 0 Å². The number of nitrogens with zero attached hydrogens (tertiary/aromatic N) is 1. The molecule has 0 atom stereocenters. The van der Waals surface area contributed by atoms with E-state index in [9.17, 15) is 9.59 Å². The van der Waals surface area contributed by atoms with Crippen LogP contribution in [0.4, 0.5) is 11.4 Å². The molecule has 0 saturated carbocycles. The Kier molecular flexibility index (Phi) is 6.31. The molecule has 5 heteroatoms. The molecule has 2 amide bonds. The maximum Gasteiger partial charge on any atom is 0.282 e. The van der Waals surface area contributed by atoms with Gasteiger partial charge in [0.2, 0.25) is 0 Å². The summed E-state index contributed by atoms with van der Waals surface area (Å²) >= 11 is 0. The van der Waals surface area contributed by atoms with Crippen LogP contribution < -0.4 is 15.0 Å². The number of carbonyl (C=O) groups excluding carboxylic acids is 2. The van der Waals surface area contributed by atoms with Gasteiger partial charge in [0.05, 0.1) is 17.9 Å². The van der Waals surface area contributed by atoms with Crippen molar-refractivity contribution in [3.63, 3.8) is 0 Å². The summed E-state index contributed by atoms with van der Waals surface area (Å²) in [6.07, 6.45) is 0.901. The Bertz CT molecular complexity index is 1260. The fourth-order valence-corrected chi connectivity index (χ4v) is 4.05. The van der Waals surface area contributed by atoms with Crippen molar-refractivity contribution in [2.24, 2.45) is 0 Å². The number of para-hydroxylation sites is 1. The Morgan fingerprint density at radius 2 is 1.64 bits per heavy atom. The molecule has 3 aromatic carbocycles. The first-order valence-corrected chi connectivity index (χ1v) is 11.2. The largest absolute Gasteiger partial charge is 0.494 e. The molecule has 0 unspecified atom stereocenters. The van der Waals surface area contributed by atoms with Gasteiger partial charge in [0.25, 0.3) is 11.8 Å². The van der Waals surface area contributed by atoms with Crippen LogP contribution in [-0.4, -0.2) is 18.4 Å².